The van der Waals surface area contributed by atoms with Crippen LogP contribution in [-0.2, 0) is 6.54 Å². The number of nitro benzene ring substituents is 1. The minimum absolute atomic E-state index is 0. The van der Waals surface area contributed by atoms with E-state index in [1.165, 1.54) is 29.8 Å². The molecule has 3 rings (SSSR count). The van der Waals surface area contributed by atoms with Crippen molar-refractivity contribution >= 4 is 17.3 Å². The van der Waals surface area contributed by atoms with E-state index in [-0.39, 0.29) is 28.6 Å². The van der Waals surface area contributed by atoms with E-state index < -0.39 is 4.92 Å². The van der Waals surface area contributed by atoms with Crippen LogP contribution >= 0.6 is 0 Å². The Balaban J connectivity index is 0.00000243. The second-order valence-corrected chi connectivity index (χ2v) is 5.50. The third-order valence-corrected chi connectivity index (χ3v) is 3.70. The van der Waals surface area contributed by atoms with Crippen LogP contribution in [0.2, 0.25) is 0 Å². The number of non-ortho nitro benzene ring substituents is 1. The molecule has 0 saturated heterocycles. The summed E-state index contributed by atoms with van der Waals surface area (Å²) in [5.41, 5.74) is 2.17. The van der Waals surface area contributed by atoms with Gasteiger partial charge in [-0.1, -0.05) is 30.3 Å². The smallest absolute Gasteiger partial charge is 0.269 e. The highest BCUT2D eigenvalue weighted by atomic mass is 79.9. The molecule has 1 amide bonds. The van der Waals surface area contributed by atoms with E-state index in [4.69, 9.17) is 0 Å². The summed E-state index contributed by atoms with van der Waals surface area (Å²) in [6.45, 7) is 0.747. The molecule has 0 atom stereocenters. The second kappa shape index (κ2) is 8.87. The fraction of sp³-hybridized carbons (Fsp3) is 0.0526. The number of amides is 1. The quantitative estimate of drug-likeness (QED) is 0.368. The molecule has 3 aromatic rings. The van der Waals surface area contributed by atoms with Gasteiger partial charge in [-0.2, -0.15) is 0 Å². The highest BCUT2D eigenvalue weighted by Crippen LogP contribution is 2.13. The lowest BCUT2D eigenvalue weighted by atomic mass is 10.2. The Hall–Kier alpha value is -3.06. The van der Waals surface area contributed by atoms with Crippen molar-refractivity contribution in [2.24, 2.45) is 0 Å². The van der Waals surface area contributed by atoms with Gasteiger partial charge in [0, 0.05) is 35.4 Å². The van der Waals surface area contributed by atoms with Crippen molar-refractivity contribution in [3.63, 3.8) is 0 Å². The Morgan fingerprint density at radius 3 is 2.15 bits per heavy atom. The summed E-state index contributed by atoms with van der Waals surface area (Å²) in [6.07, 6.45) is 3.77. The average molecular weight is 414 g/mol. The van der Waals surface area contributed by atoms with Crippen molar-refractivity contribution < 1.29 is 31.3 Å². The molecule has 2 aromatic carbocycles. The number of rotatable bonds is 5. The topological polar surface area (TPSA) is 76.1 Å². The second-order valence-electron chi connectivity index (χ2n) is 5.50. The first-order valence-electron chi connectivity index (χ1n) is 7.71. The van der Waals surface area contributed by atoms with Crippen LogP contribution in [0.5, 0.6) is 0 Å². The summed E-state index contributed by atoms with van der Waals surface area (Å²) >= 11 is 0. The zero-order chi connectivity index (χ0) is 17.6. The molecule has 0 aliphatic carbocycles. The van der Waals surface area contributed by atoms with Crippen molar-refractivity contribution in [3.8, 4) is 0 Å². The summed E-state index contributed by atoms with van der Waals surface area (Å²) in [6, 6.07) is 19.2. The summed E-state index contributed by atoms with van der Waals surface area (Å²) in [5, 5.41) is 13.4. The standard InChI is InChI=1S/C19H15N3O3.BrH/c23-19(16-6-8-18(9-7-16)22(24)25)20-17-10-12-21(13-11-17)14-15-4-2-1-3-5-15;/h1-13H,14H2;1H. The van der Waals surface area contributed by atoms with E-state index in [0.717, 1.165) is 6.54 Å². The maximum atomic E-state index is 12.2. The molecule has 0 spiro atoms. The molecule has 0 fully saturated rings. The molecule has 0 saturated carbocycles. The van der Waals surface area contributed by atoms with Crippen LogP contribution in [-0.4, -0.2) is 10.8 Å². The van der Waals surface area contributed by atoms with Gasteiger partial charge >= 0.3 is 0 Å². The van der Waals surface area contributed by atoms with Crippen LogP contribution in [0.25, 0.3) is 0 Å². The van der Waals surface area contributed by atoms with E-state index in [1.807, 2.05) is 47.3 Å². The van der Waals surface area contributed by atoms with Crippen LogP contribution in [0.4, 0.5) is 11.4 Å². The SMILES string of the molecule is O=C(Nc1cc[n+](Cc2ccccc2)cc1)c1ccc([N+](=O)[O-])cc1.[Br-]. The molecule has 0 aliphatic heterocycles. The minimum atomic E-state index is -0.496. The Morgan fingerprint density at radius 1 is 0.962 bits per heavy atom. The number of aromatic nitrogens is 1. The van der Waals surface area contributed by atoms with Crippen molar-refractivity contribution in [1.82, 2.24) is 0 Å². The third-order valence-electron chi connectivity index (χ3n) is 3.70. The molecule has 132 valence electrons. The van der Waals surface area contributed by atoms with Gasteiger partial charge in [0.2, 0.25) is 0 Å². The van der Waals surface area contributed by atoms with Crippen molar-refractivity contribution in [1.29, 1.82) is 0 Å². The van der Waals surface area contributed by atoms with Crippen LogP contribution in [0.1, 0.15) is 15.9 Å². The third kappa shape index (κ3) is 4.97. The van der Waals surface area contributed by atoms with Gasteiger partial charge in [-0.25, -0.2) is 4.57 Å². The molecule has 0 unspecified atom stereocenters. The summed E-state index contributed by atoms with van der Waals surface area (Å²) in [4.78, 5) is 22.3. The number of hydrogen-bond donors (Lipinski definition) is 1. The van der Waals surface area contributed by atoms with Gasteiger partial charge in [0.05, 0.1) is 10.6 Å². The zero-order valence-corrected chi connectivity index (χ0v) is 15.3. The van der Waals surface area contributed by atoms with Gasteiger partial charge in [-0.3, -0.25) is 14.9 Å². The van der Waals surface area contributed by atoms with Crippen molar-refractivity contribution in [2.75, 3.05) is 5.32 Å². The molecular formula is C19H16BrN3O3. The predicted molar refractivity (Wildman–Crippen MR) is 93.2 cm³/mol. The highest BCUT2D eigenvalue weighted by molar-refractivity contribution is 6.04. The van der Waals surface area contributed by atoms with Crippen molar-refractivity contribution in [3.05, 3.63) is 100 Å². The van der Waals surface area contributed by atoms with E-state index in [0.29, 0.717) is 11.3 Å². The number of pyridine rings is 1. The van der Waals surface area contributed by atoms with Gasteiger partial charge in [-0.15, -0.1) is 0 Å². The number of benzene rings is 2. The molecule has 0 aliphatic rings. The molecule has 1 aromatic heterocycles. The Bertz CT molecular complexity index is 882. The fourth-order valence-electron chi connectivity index (χ4n) is 2.38. The van der Waals surface area contributed by atoms with Gasteiger partial charge in [0.15, 0.2) is 18.9 Å². The number of carbonyl (C=O) groups is 1. The van der Waals surface area contributed by atoms with Gasteiger partial charge in [0.25, 0.3) is 11.6 Å². The van der Waals surface area contributed by atoms with E-state index in [1.54, 1.807) is 0 Å². The fourth-order valence-corrected chi connectivity index (χ4v) is 2.38. The Labute approximate surface area is 161 Å². The summed E-state index contributed by atoms with van der Waals surface area (Å²) in [5.74, 6) is -0.310. The van der Waals surface area contributed by atoms with E-state index in [2.05, 4.69) is 17.4 Å². The van der Waals surface area contributed by atoms with Crippen LogP contribution in [0.15, 0.2) is 79.1 Å². The molecular weight excluding hydrogens is 398 g/mol. The molecule has 0 radical (unpaired) electrons. The maximum Gasteiger partial charge on any atom is 0.269 e. The molecule has 1 heterocycles. The highest BCUT2D eigenvalue weighted by Gasteiger charge is 2.10. The number of nitro groups is 1. The molecule has 7 heteroatoms. The first-order chi connectivity index (χ1) is 12.1. The van der Waals surface area contributed by atoms with Gasteiger partial charge in [-0.05, 0) is 12.1 Å². The van der Waals surface area contributed by atoms with E-state index >= 15 is 0 Å². The molecule has 1 N–H and O–H groups in total. The minimum Gasteiger partial charge on any atom is -1.00 e. The summed E-state index contributed by atoms with van der Waals surface area (Å²) in [7, 11) is 0. The number of nitrogens with one attached hydrogen (secondary N) is 1. The Kier molecular flexibility index (Phi) is 6.57. The molecule has 0 bridgehead atoms. The number of hydrogen-bond acceptors (Lipinski definition) is 3. The number of anilines is 1. The molecule has 26 heavy (non-hydrogen) atoms. The lowest BCUT2D eigenvalue weighted by molar-refractivity contribution is -0.688. The first kappa shape index (κ1) is 19.3. The van der Waals surface area contributed by atoms with E-state index in [9.17, 15) is 14.9 Å². The van der Waals surface area contributed by atoms with Crippen LogP contribution in [0, 0.1) is 10.1 Å². The number of carbonyl (C=O) groups excluding carboxylic acids is 1. The van der Waals surface area contributed by atoms with Crippen LogP contribution < -0.4 is 26.9 Å². The lowest BCUT2D eigenvalue weighted by Gasteiger charge is -2.05. The number of halogens is 1. The predicted octanol–water partition coefficient (Wildman–Crippen LogP) is 0.187. The normalized spacial score (nSPS) is 9.85. The average Bonchev–Trinajstić information content (AvgIpc) is 2.64. The largest absolute Gasteiger partial charge is 1.00 e. The number of nitrogens with zero attached hydrogens (tertiary/aromatic N) is 2. The maximum absolute atomic E-state index is 12.2. The first-order valence-corrected chi connectivity index (χ1v) is 7.71. The lowest BCUT2D eigenvalue weighted by Crippen LogP contribution is -3.00. The van der Waals surface area contributed by atoms with Gasteiger partial charge < -0.3 is 22.3 Å². The molecule has 6 nitrogen and oxygen atoms in total. The monoisotopic (exact) mass is 413 g/mol. The summed E-state index contributed by atoms with van der Waals surface area (Å²) < 4.78 is 2.01. The van der Waals surface area contributed by atoms with Crippen molar-refractivity contribution in [2.45, 2.75) is 6.54 Å². The van der Waals surface area contributed by atoms with Crippen LogP contribution in [0.3, 0.4) is 0 Å². The van der Waals surface area contributed by atoms with Gasteiger partial charge in [0.1, 0.15) is 0 Å². The Morgan fingerprint density at radius 2 is 1.58 bits per heavy atom. The zero-order valence-electron chi connectivity index (χ0n) is 13.7.